The summed E-state index contributed by atoms with van der Waals surface area (Å²) < 4.78 is 5.41. The van der Waals surface area contributed by atoms with Gasteiger partial charge in [-0.1, -0.05) is 18.2 Å². The van der Waals surface area contributed by atoms with Gasteiger partial charge in [-0.05, 0) is 56.2 Å². The van der Waals surface area contributed by atoms with Gasteiger partial charge in [0.15, 0.2) is 0 Å². The molecule has 1 saturated heterocycles. The van der Waals surface area contributed by atoms with Crippen molar-refractivity contribution in [3.05, 3.63) is 60.2 Å². The van der Waals surface area contributed by atoms with Crippen molar-refractivity contribution in [1.82, 2.24) is 5.32 Å². The summed E-state index contributed by atoms with van der Waals surface area (Å²) in [6, 6.07) is 18.1. The smallest absolute Gasteiger partial charge is 0.251 e. The fourth-order valence-corrected chi connectivity index (χ4v) is 3.19. The number of carbonyl (C=O) groups excluding carboxylic acids is 1. The zero-order chi connectivity index (χ0) is 16.8. The molecule has 24 heavy (non-hydrogen) atoms. The van der Waals surface area contributed by atoms with Gasteiger partial charge in [-0.3, -0.25) is 4.79 Å². The number of nitrogens with zero attached hydrogens (tertiary/aromatic N) is 1. The number of benzene rings is 2. The molecule has 0 bridgehead atoms. The summed E-state index contributed by atoms with van der Waals surface area (Å²) in [7, 11) is 0. The fourth-order valence-electron chi connectivity index (χ4n) is 3.19. The van der Waals surface area contributed by atoms with Crippen molar-refractivity contribution in [2.45, 2.75) is 25.8 Å². The second kappa shape index (κ2) is 7.86. The molecule has 4 heteroatoms. The minimum atomic E-state index is -0.0297. The number of rotatable bonds is 6. The van der Waals surface area contributed by atoms with E-state index in [9.17, 15) is 4.79 Å². The van der Waals surface area contributed by atoms with Crippen LogP contribution in [0.1, 0.15) is 30.1 Å². The van der Waals surface area contributed by atoms with Crippen LogP contribution in [0.4, 0.5) is 5.69 Å². The lowest BCUT2D eigenvalue weighted by molar-refractivity contribution is 0.0951. The highest BCUT2D eigenvalue weighted by molar-refractivity contribution is 5.94. The van der Waals surface area contributed by atoms with Crippen molar-refractivity contribution < 1.29 is 9.53 Å². The SMILES string of the molecule is CCOc1ccc(C(=O)NCC2CCCN2c2ccccc2)cc1. The molecule has 0 saturated carbocycles. The van der Waals surface area contributed by atoms with Crippen LogP contribution >= 0.6 is 0 Å². The van der Waals surface area contributed by atoms with Gasteiger partial charge in [0, 0.05) is 30.4 Å². The predicted octanol–water partition coefficient (Wildman–Crippen LogP) is 3.48. The van der Waals surface area contributed by atoms with E-state index >= 15 is 0 Å². The summed E-state index contributed by atoms with van der Waals surface area (Å²) in [5.41, 5.74) is 1.90. The number of hydrogen-bond donors (Lipinski definition) is 1. The molecule has 1 aliphatic rings. The topological polar surface area (TPSA) is 41.6 Å². The summed E-state index contributed by atoms with van der Waals surface area (Å²) in [5, 5.41) is 3.07. The number of ether oxygens (including phenoxy) is 1. The molecule has 1 amide bonds. The van der Waals surface area contributed by atoms with Gasteiger partial charge in [-0.15, -0.1) is 0 Å². The van der Waals surface area contributed by atoms with E-state index in [1.807, 2.05) is 37.3 Å². The standard InChI is InChI=1S/C20H24N2O2/c1-2-24-19-12-10-16(11-13-19)20(23)21-15-18-9-6-14-22(18)17-7-4-3-5-8-17/h3-5,7-8,10-13,18H,2,6,9,14-15H2,1H3,(H,21,23). The number of nitrogens with one attached hydrogen (secondary N) is 1. The highest BCUT2D eigenvalue weighted by Gasteiger charge is 2.25. The second-order valence-electron chi connectivity index (χ2n) is 5.99. The van der Waals surface area contributed by atoms with Crippen molar-refractivity contribution in [2.75, 3.05) is 24.6 Å². The van der Waals surface area contributed by atoms with Crippen LogP contribution in [-0.4, -0.2) is 31.6 Å². The van der Waals surface area contributed by atoms with Crippen molar-refractivity contribution in [1.29, 1.82) is 0 Å². The maximum Gasteiger partial charge on any atom is 0.251 e. The average molecular weight is 324 g/mol. The molecule has 1 heterocycles. The third-order valence-corrected chi connectivity index (χ3v) is 4.39. The molecule has 2 aromatic rings. The molecule has 3 rings (SSSR count). The van der Waals surface area contributed by atoms with Crippen LogP contribution in [0.3, 0.4) is 0 Å². The fraction of sp³-hybridized carbons (Fsp3) is 0.350. The van der Waals surface area contributed by atoms with Crippen LogP contribution in [0, 0.1) is 0 Å². The highest BCUT2D eigenvalue weighted by atomic mass is 16.5. The third kappa shape index (κ3) is 3.88. The lowest BCUT2D eigenvalue weighted by Crippen LogP contribution is -2.40. The van der Waals surface area contributed by atoms with E-state index in [-0.39, 0.29) is 5.91 Å². The zero-order valence-electron chi connectivity index (χ0n) is 14.1. The summed E-state index contributed by atoms with van der Waals surface area (Å²) in [6.07, 6.45) is 2.27. The normalized spacial score (nSPS) is 16.9. The summed E-state index contributed by atoms with van der Waals surface area (Å²) in [6.45, 7) is 4.29. The van der Waals surface area contributed by atoms with E-state index in [0.717, 1.165) is 18.7 Å². The Labute approximate surface area is 143 Å². The van der Waals surface area contributed by atoms with Gasteiger partial charge >= 0.3 is 0 Å². The lowest BCUT2D eigenvalue weighted by Gasteiger charge is -2.27. The first-order valence-electron chi connectivity index (χ1n) is 8.60. The first-order chi connectivity index (χ1) is 11.8. The molecule has 2 aromatic carbocycles. The molecular formula is C20H24N2O2. The molecule has 1 atom stereocenters. The van der Waals surface area contributed by atoms with Gasteiger partial charge in [0.1, 0.15) is 5.75 Å². The van der Waals surface area contributed by atoms with Gasteiger partial charge in [0.2, 0.25) is 0 Å². The van der Waals surface area contributed by atoms with Crippen LogP contribution in [0.25, 0.3) is 0 Å². The molecule has 126 valence electrons. The summed E-state index contributed by atoms with van der Waals surface area (Å²) in [5.74, 6) is 0.762. The Balaban J connectivity index is 1.57. The minimum absolute atomic E-state index is 0.0297. The largest absolute Gasteiger partial charge is 0.494 e. The number of carbonyl (C=O) groups is 1. The van der Waals surface area contributed by atoms with E-state index in [1.54, 1.807) is 0 Å². The Morgan fingerprint density at radius 2 is 1.92 bits per heavy atom. The molecule has 0 aromatic heterocycles. The number of anilines is 1. The Morgan fingerprint density at radius 1 is 1.17 bits per heavy atom. The molecule has 1 N–H and O–H groups in total. The van der Waals surface area contributed by atoms with Crippen LogP contribution in [0.15, 0.2) is 54.6 Å². The maximum absolute atomic E-state index is 12.3. The number of amides is 1. The third-order valence-electron chi connectivity index (χ3n) is 4.39. The monoisotopic (exact) mass is 324 g/mol. The molecule has 1 fully saturated rings. The first kappa shape index (κ1) is 16.4. The number of para-hydroxylation sites is 1. The quantitative estimate of drug-likeness (QED) is 0.884. The predicted molar refractivity (Wildman–Crippen MR) is 96.8 cm³/mol. The second-order valence-corrected chi connectivity index (χ2v) is 5.99. The Kier molecular flexibility index (Phi) is 5.36. The minimum Gasteiger partial charge on any atom is -0.494 e. The summed E-state index contributed by atoms with van der Waals surface area (Å²) in [4.78, 5) is 14.7. The molecule has 1 aliphatic heterocycles. The van der Waals surface area contributed by atoms with Gasteiger partial charge < -0.3 is 15.0 Å². The van der Waals surface area contributed by atoms with Crippen LogP contribution in [-0.2, 0) is 0 Å². The van der Waals surface area contributed by atoms with E-state index in [1.165, 1.54) is 12.1 Å². The number of hydrogen-bond acceptors (Lipinski definition) is 3. The van der Waals surface area contributed by atoms with E-state index < -0.39 is 0 Å². The summed E-state index contributed by atoms with van der Waals surface area (Å²) >= 11 is 0. The van der Waals surface area contributed by atoms with Crippen LogP contribution in [0.2, 0.25) is 0 Å². The molecule has 0 spiro atoms. The lowest BCUT2D eigenvalue weighted by atomic mass is 10.1. The van der Waals surface area contributed by atoms with Gasteiger partial charge in [-0.25, -0.2) is 0 Å². The first-order valence-corrected chi connectivity index (χ1v) is 8.60. The van der Waals surface area contributed by atoms with Crippen LogP contribution < -0.4 is 15.0 Å². The van der Waals surface area contributed by atoms with E-state index in [4.69, 9.17) is 4.74 Å². The average Bonchev–Trinajstić information content (AvgIpc) is 3.10. The maximum atomic E-state index is 12.3. The van der Waals surface area contributed by atoms with Crippen LogP contribution in [0.5, 0.6) is 5.75 Å². The molecule has 4 nitrogen and oxygen atoms in total. The Morgan fingerprint density at radius 3 is 2.62 bits per heavy atom. The van der Waals surface area contributed by atoms with E-state index in [0.29, 0.717) is 24.8 Å². The molecule has 0 radical (unpaired) electrons. The van der Waals surface area contributed by atoms with Crippen molar-refractivity contribution >= 4 is 11.6 Å². The van der Waals surface area contributed by atoms with Crippen molar-refractivity contribution in [3.8, 4) is 5.75 Å². The molecule has 0 aliphatic carbocycles. The Bertz CT molecular complexity index is 655. The van der Waals surface area contributed by atoms with Gasteiger partial charge in [0.25, 0.3) is 5.91 Å². The molecule has 1 unspecified atom stereocenters. The Hall–Kier alpha value is -2.49. The van der Waals surface area contributed by atoms with Gasteiger partial charge in [-0.2, -0.15) is 0 Å². The highest BCUT2D eigenvalue weighted by Crippen LogP contribution is 2.24. The van der Waals surface area contributed by atoms with Crippen molar-refractivity contribution in [3.63, 3.8) is 0 Å². The van der Waals surface area contributed by atoms with E-state index in [2.05, 4.69) is 34.5 Å². The molecular weight excluding hydrogens is 300 g/mol. The van der Waals surface area contributed by atoms with Gasteiger partial charge in [0.05, 0.1) is 6.61 Å². The zero-order valence-corrected chi connectivity index (χ0v) is 14.1. The van der Waals surface area contributed by atoms with Crippen molar-refractivity contribution in [2.24, 2.45) is 0 Å².